The first-order valence-electron chi connectivity index (χ1n) is 10.8. The van der Waals surface area contributed by atoms with Crippen LogP contribution in [0.1, 0.15) is 58.5 Å². The number of hydrogen-bond acceptors (Lipinski definition) is 5. The summed E-state index contributed by atoms with van der Waals surface area (Å²) in [5, 5.41) is 3.19. The smallest absolute Gasteiger partial charge is 0.338 e. The number of nitrogens with one attached hydrogen (secondary N) is 1. The van der Waals surface area contributed by atoms with E-state index >= 15 is 0 Å². The Morgan fingerprint density at radius 3 is 2.60 bits per heavy atom. The van der Waals surface area contributed by atoms with Gasteiger partial charge in [0.2, 0.25) is 0 Å². The van der Waals surface area contributed by atoms with Crippen LogP contribution in [0.4, 0.5) is 0 Å². The van der Waals surface area contributed by atoms with Crippen LogP contribution in [0.3, 0.4) is 0 Å². The fourth-order valence-electron chi connectivity index (χ4n) is 4.21. The number of amides is 1. The highest BCUT2D eigenvalue weighted by molar-refractivity contribution is 5.92. The van der Waals surface area contributed by atoms with E-state index in [0.717, 1.165) is 32.0 Å². The van der Waals surface area contributed by atoms with E-state index in [-0.39, 0.29) is 17.9 Å². The van der Waals surface area contributed by atoms with Crippen LogP contribution < -0.4 is 5.32 Å². The second-order valence-electron chi connectivity index (χ2n) is 8.32. The van der Waals surface area contributed by atoms with Gasteiger partial charge in [-0.15, -0.1) is 0 Å². The number of ether oxygens (including phenoxy) is 1. The first kappa shape index (κ1) is 20.5. The van der Waals surface area contributed by atoms with E-state index in [9.17, 15) is 9.59 Å². The molecule has 0 radical (unpaired) electrons. The molecule has 158 valence electrons. The molecule has 1 aromatic carbocycles. The van der Waals surface area contributed by atoms with E-state index in [0.29, 0.717) is 23.8 Å². The Morgan fingerprint density at radius 1 is 1.13 bits per heavy atom. The van der Waals surface area contributed by atoms with Crippen molar-refractivity contribution in [1.82, 2.24) is 15.2 Å². The molecule has 0 bridgehead atoms. The fourth-order valence-corrected chi connectivity index (χ4v) is 4.21. The zero-order chi connectivity index (χ0) is 20.9. The molecule has 1 amide bonds. The Balaban J connectivity index is 1.46. The molecule has 1 aromatic heterocycles. The van der Waals surface area contributed by atoms with E-state index in [1.807, 2.05) is 43.3 Å². The molecule has 1 N–H and O–H groups in total. The molecule has 1 saturated heterocycles. The minimum atomic E-state index is -0.288. The van der Waals surface area contributed by atoms with E-state index in [1.54, 1.807) is 12.3 Å². The summed E-state index contributed by atoms with van der Waals surface area (Å²) in [6.07, 6.45) is 5.13. The van der Waals surface area contributed by atoms with Crippen molar-refractivity contribution in [2.45, 2.75) is 38.1 Å². The van der Waals surface area contributed by atoms with E-state index in [2.05, 4.69) is 15.2 Å². The lowest BCUT2D eigenvalue weighted by Gasteiger charge is -2.38. The monoisotopic (exact) mass is 407 g/mol. The van der Waals surface area contributed by atoms with Gasteiger partial charge in [0.25, 0.3) is 5.91 Å². The maximum Gasteiger partial charge on any atom is 0.338 e. The molecule has 2 fully saturated rings. The molecular weight excluding hydrogens is 378 g/mol. The third-order valence-electron chi connectivity index (χ3n) is 5.87. The zero-order valence-electron chi connectivity index (χ0n) is 17.4. The van der Waals surface area contributed by atoms with Gasteiger partial charge in [0.05, 0.1) is 12.2 Å². The average molecular weight is 408 g/mol. The quantitative estimate of drug-likeness (QED) is 0.714. The van der Waals surface area contributed by atoms with Crippen LogP contribution in [-0.2, 0) is 4.74 Å². The maximum absolute atomic E-state index is 12.6. The molecule has 2 atom stereocenters. The lowest BCUT2D eigenvalue weighted by atomic mass is 9.87. The van der Waals surface area contributed by atoms with Gasteiger partial charge in [-0.05, 0) is 67.9 Å². The Morgan fingerprint density at radius 2 is 1.93 bits per heavy atom. The number of aromatic nitrogens is 1. The second-order valence-corrected chi connectivity index (χ2v) is 8.32. The normalized spacial score (nSPS) is 21.8. The molecule has 6 heteroatoms. The number of likely N-dealkylation sites (tertiary alicyclic amines) is 1. The van der Waals surface area contributed by atoms with Crippen molar-refractivity contribution in [1.29, 1.82) is 0 Å². The van der Waals surface area contributed by atoms with Gasteiger partial charge in [0.1, 0.15) is 5.69 Å². The molecule has 2 heterocycles. The summed E-state index contributed by atoms with van der Waals surface area (Å²) in [5.41, 5.74) is 2.22. The number of benzene rings is 1. The molecular formula is C24H29N3O3. The second kappa shape index (κ2) is 9.39. The standard InChI is InChI=1S/C24H29N3O3/c1-2-30-24(29)19-10-8-18(9-11-19)20-13-21(16-27(15-20)14-17-6-7-17)26-23(28)22-5-3-4-12-25-22/h3-5,8-12,17,20-21H,2,6-7,13-16H2,1H3,(H,26,28)/t20-,21+/m0/s1. The molecule has 0 spiro atoms. The van der Waals surface area contributed by atoms with Crippen LogP contribution in [-0.4, -0.2) is 54.0 Å². The number of pyridine rings is 1. The Kier molecular flexibility index (Phi) is 6.43. The molecule has 4 rings (SSSR count). The molecule has 1 aliphatic heterocycles. The van der Waals surface area contributed by atoms with Crippen LogP contribution >= 0.6 is 0 Å². The first-order valence-corrected chi connectivity index (χ1v) is 10.8. The Labute approximate surface area is 177 Å². The van der Waals surface area contributed by atoms with Crippen LogP contribution in [0.15, 0.2) is 48.7 Å². The summed E-state index contributed by atoms with van der Waals surface area (Å²) in [7, 11) is 0. The number of rotatable bonds is 7. The number of esters is 1. The number of hydrogen-bond donors (Lipinski definition) is 1. The van der Waals surface area contributed by atoms with E-state index < -0.39 is 0 Å². The van der Waals surface area contributed by atoms with Crippen molar-refractivity contribution >= 4 is 11.9 Å². The predicted molar refractivity (Wildman–Crippen MR) is 114 cm³/mol. The summed E-state index contributed by atoms with van der Waals surface area (Å²) in [6.45, 7) is 5.12. The molecule has 1 saturated carbocycles. The minimum absolute atomic E-state index is 0.0711. The fraction of sp³-hybridized carbons (Fsp3) is 0.458. The SMILES string of the molecule is CCOC(=O)c1ccc([C@H]2C[C@@H](NC(=O)c3ccccn3)CN(CC3CC3)C2)cc1. The van der Waals surface area contributed by atoms with Crippen molar-refractivity contribution in [2.75, 3.05) is 26.2 Å². The van der Waals surface area contributed by atoms with Crippen molar-refractivity contribution in [3.63, 3.8) is 0 Å². The summed E-state index contributed by atoms with van der Waals surface area (Å²) < 4.78 is 5.08. The van der Waals surface area contributed by atoms with Gasteiger partial charge < -0.3 is 15.0 Å². The van der Waals surface area contributed by atoms with Gasteiger partial charge in [-0.3, -0.25) is 9.78 Å². The third kappa shape index (κ3) is 5.25. The Hall–Kier alpha value is -2.73. The molecule has 0 unspecified atom stereocenters. The number of carbonyl (C=O) groups is 2. The van der Waals surface area contributed by atoms with Gasteiger partial charge >= 0.3 is 5.97 Å². The lowest BCUT2D eigenvalue weighted by Crippen LogP contribution is -2.50. The number of nitrogens with zero attached hydrogens (tertiary/aromatic N) is 2. The van der Waals surface area contributed by atoms with E-state index in [1.165, 1.54) is 18.4 Å². The minimum Gasteiger partial charge on any atom is -0.462 e. The topological polar surface area (TPSA) is 71.5 Å². The van der Waals surface area contributed by atoms with Crippen molar-refractivity contribution in [2.24, 2.45) is 5.92 Å². The van der Waals surface area contributed by atoms with Gasteiger partial charge in [-0.25, -0.2) is 4.79 Å². The first-order chi connectivity index (χ1) is 14.6. The van der Waals surface area contributed by atoms with Gasteiger partial charge in [-0.2, -0.15) is 0 Å². The summed E-state index contributed by atoms with van der Waals surface area (Å²) in [4.78, 5) is 31.2. The van der Waals surface area contributed by atoms with E-state index in [4.69, 9.17) is 4.74 Å². The summed E-state index contributed by atoms with van der Waals surface area (Å²) in [5.74, 6) is 0.693. The highest BCUT2D eigenvalue weighted by Gasteiger charge is 2.33. The largest absolute Gasteiger partial charge is 0.462 e. The average Bonchev–Trinajstić information content (AvgIpc) is 3.58. The lowest BCUT2D eigenvalue weighted by molar-refractivity contribution is 0.0526. The zero-order valence-corrected chi connectivity index (χ0v) is 17.4. The van der Waals surface area contributed by atoms with Crippen molar-refractivity contribution in [3.8, 4) is 0 Å². The predicted octanol–water partition coefficient (Wildman–Crippen LogP) is 3.26. The van der Waals surface area contributed by atoms with Gasteiger partial charge in [0, 0.05) is 31.9 Å². The van der Waals surface area contributed by atoms with Gasteiger partial charge in [0.15, 0.2) is 0 Å². The molecule has 6 nitrogen and oxygen atoms in total. The van der Waals surface area contributed by atoms with Crippen LogP contribution in [0.5, 0.6) is 0 Å². The molecule has 2 aliphatic rings. The maximum atomic E-state index is 12.6. The number of carbonyl (C=O) groups excluding carboxylic acids is 2. The highest BCUT2D eigenvalue weighted by atomic mass is 16.5. The van der Waals surface area contributed by atoms with Crippen LogP contribution in [0.25, 0.3) is 0 Å². The highest BCUT2D eigenvalue weighted by Crippen LogP contribution is 2.33. The summed E-state index contributed by atoms with van der Waals surface area (Å²) >= 11 is 0. The van der Waals surface area contributed by atoms with Gasteiger partial charge in [-0.1, -0.05) is 18.2 Å². The number of piperidine rings is 1. The summed E-state index contributed by atoms with van der Waals surface area (Å²) in [6, 6.07) is 13.2. The van der Waals surface area contributed by atoms with Crippen molar-refractivity contribution in [3.05, 3.63) is 65.5 Å². The third-order valence-corrected chi connectivity index (χ3v) is 5.87. The van der Waals surface area contributed by atoms with Crippen LogP contribution in [0.2, 0.25) is 0 Å². The molecule has 1 aliphatic carbocycles. The molecule has 2 aromatic rings. The molecule has 30 heavy (non-hydrogen) atoms. The van der Waals surface area contributed by atoms with Crippen LogP contribution in [0, 0.1) is 5.92 Å². The Bertz CT molecular complexity index is 865. The van der Waals surface area contributed by atoms with Crippen molar-refractivity contribution < 1.29 is 14.3 Å².